The molecule has 0 spiro atoms. The standard InChI is InChI=1S/C14H15NO3S2/c1-9-11(20-8-15-9)6-7-18-10-4-3-5-12(19-2)13(10)14(16)17/h3-5,8H,6-7H2,1-2H3,(H,16,17). The summed E-state index contributed by atoms with van der Waals surface area (Å²) in [5.74, 6) is -0.537. The van der Waals surface area contributed by atoms with Gasteiger partial charge < -0.3 is 9.84 Å². The molecule has 0 unspecified atom stereocenters. The van der Waals surface area contributed by atoms with Crippen molar-refractivity contribution < 1.29 is 14.6 Å². The monoisotopic (exact) mass is 309 g/mol. The highest BCUT2D eigenvalue weighted by Gasteiger charge is 2.16. The van der Waals surface area contributed by atoms with Gasteiger partial charge in [0.05, 0.1) is 17.8 Å². The number of hydrogen-bond acceptors (Lipinski definition) is 5. The average molecular weight is 309 g/mol. The second-order valence-corrected chi connectivity index (χ2v) is 5.89. The molecule has 0 saturated carbocycles. The minimum atomic E-state index is -0.959. The number of aryl methyl sites for hydroxylation is 1. The van der Waals surface area contributed by atoms with Crippen LogP contribution in [-0.2, 0) is 6.42 Å². The van der Waals surface area contributed by atoms with Crippen LogP contribution in [0.1, 0.15) is 20.9 Å². The summed E-state index contributed by atoms with van der Waals surface area (Å²) >= 11 is 2.99. The van der Waals surface area contributed by atoms with E-state index in [1.165, 1.54) is 16.6 Å². The maximum absolute atomic E-state index is 11.3. The Morgan fingerprint density at radius 2 is 2.30 bits per heavy atom. The van der Waals surface area contributed by atoms with Gasteiger partial charge in [-0.25, -0.2) is 9.78 Å². The number of benzene rings is 1. The van der Waals surface area contributed by atoms with E-state index in [2.05, 4.69) is 4.98 Å². The number of thiazole rings is 1. The van der Waals surface area contributed by atoms with Crippen molar-refractivity contribution in [2.75, 3.05) is 12.9 Å². The van der Waals surface area contributed by atoms with Crippen molar-refractivity contribution in [2.45, 2.75) is 18.2 Å². The third-order valence-corrected chi connectivity index (χ3v) is 4.63. The van der Waals surface area contributed by atoms with E-state index in [0.29, 0.717) is 17.3 Å². The zero-order valence-corrected chi connectivity index (χ0v) is 12.9. The van der Waals surface area contributed by atoms with E-state index in [1.807, 2.05) is 24.8 Å². The molecule has 0 aliphatic heterocycles. The molecular weight excluding hydrogens is 294 g/mol. The quantitative estimate of drug-likeness (QED) is 0.828. The van der Waals surface area contributed by atoms with Gasteiger partial charge in [0.2, 0.25) is 0 Å². The van der Waals surface area contributed by atoms with Crippen LogP contribution in [0.4, 0.5) is 0 Å². The second kappa shape index (κ2) is 6.76. The molecule has 0 atom stereocenters. The molecule has 2 aromatic rings. The summed E-state index contributed by atoms with van der Waals surface area (Å²) < 4.78 is 5.65. The lowest BCUT2D eigenvalue weighted by Gasteiger charge is -2.11. The number of hydrogen-bond donors (Lipinski definition) is 1. The van der Waals surface area contributed by atoms with Crippen LogP contribution in [0.3, 0.4) is 0 Å². The first-order chi connectivity index (χ1) is 9.63. The molecule has 1 heterocycles. The number of thioether (sulfide) groups is 1. The second-order valence-electron chi connectivity index (χ2n) is 4.10. The van der Waals surface area contributed by atoms with Gasteiger partial charge in [0.1, 0.15) is 11.3 Å². The Balaban J connectivity index is 2.09. The fourth-order valence-electron chi connectivity index (χ4n) is 1.83. The van der Waals surface area contributed by atoms with Gasteiger partial charge in [-0.3, -0.25) is 0 Å². The van der Waals surface area contributed by atoms with Crippen molar-refractivity contribution in [1.82, 2.24) is 4.98 Å². The lowest BCUT2D eigenvalue weighted by molar-refractivity contribution is 0.0688. The molecule has 0 saturated heterocycles. The van der Waals surface area contributed by atoms with Crippen LogP contribution in [0.25, 0.3) is 0 Å². The zero-order chi connectivity index (χ0) is 14.5. The fraction of sp³-hybridized carbons (Fsp3) is 0.286. The number of rotatable bonds is 6. The molecule has 6 heteroatoms. The summed E-state index contributed by atoms with van der Waals surface area (Å²) in [5.41, 5.74) is 3.05. The van der Waals surface area contributed by atoms with Crippen LogP contribution in [-0.4, -0.2) is 28.9 Å². The SMILES string of the molecule is CSc1cccc(OCCc2scnc2C)c1C(=O)O. The summed E-state index contributed by atoms with van der Waals surface area (Å²) in [7, 11) is 0. The maximum Gasteiger partial charge on any atom is 0.340 e. The van der Waals surface area contributed by atoms with E-state index in [0.717, 1.165) is 12.1 Å². The highest BCUT2D eigenvalue weighted by Crippen LogP contribution is 2.29. The molecule has 1 aromatic carbocycles. The molecule has 0 aliphatic rings. The molecule has 2 rings (SSSR count). The Bertz CT molecular complexity index is 610. The van der Waals surface area contributed by atoms with Gasteiger partial charge in [0.15, 0.2) is 0 Å². The van der Waals surface area contributed by atoms with Crippen molar-refractivity contribution in [1.29, 1.82) is 0 Å². The van der Waals surface area contributed by atoms with Crippen molar-refractivity contribution in [3.8, 4) is 5.75 Å². The first kappa shape index (κ1) is 14.9. The molecule has 0 amide bonds. The van der Waals surface area contributed by atoms with Crippen LogP contribution in [0.15, 0.2) is 28.6 Å². The molecule has 106 valence electrons. The number of nitrogens with zero attached hydrogens (tertiary/aromatic N) is 1. The van der Waals surface area contributed by atoms with Gasteiger partial charge in [-0.15, -0.1) is 23.1 Å². The Hall–Kier alpha value is -1.53. The summed E-state index contributed by atoms with van der Waals surface area (Å²) in [6.07, 6.45) is 2.59. The van der Waals surface area contributed by atoms with E-state index in [-0.39, 0.29) is 5.56 Å². The van der Waals surface area contributed by atoms with Gasteiger partial charge in [0, 0.05) is 16.2 Å². The number of aromatic carboxylic acids is 1. The molecule has 0 radical (unpaired) electrons. The minimum absolute atomic E-state index is 0.237. The smallest absolute Gasteiger partial charge is 0.340 e. The Morgan fingerprint density at radius 1 is 1.50 bits per heavy atom. The first-order valence-corrected chi connectivity index (χ1v) is 8.16. The maximum atomic E-state index is 11.3. The first-order valence-electron chi connectivity index (χ1n) is 6.05. The lowest BCUT2D eigenvalue weighted by atomic mass is 10.2. The largest absolute Gasteiger partial charge is 0.492 e. The topological polar surface area (TPSA) is 59.4 Å². The number of carbonyl (C=O) groups is 1. The van der Waals surface area contributed by atoms with Crippen LogP contribution in [0.2, 0.25) is 0 Å². The number of carboxylic acids is 1. The van der Waals surface area contributed by atoms with E-state index in [1.54, 1.807) is 23.5 Å². The molecule has 0 fully saturated rings. The molecule has 20 heavy (non-hydrogen) atoms. The van der Waals surface area contributed by atoms with Gasteiger partial charge >= 0.3 is 5.97 Å². The van der Waals surface area contributed by atoms with Crippen molar-refractivity contribution in [3.63, 3.8) is 0 Å². The summed E-state index contributed by atoms with van der Waals surface area (Å²) in [4.78, 5) is 17.4. The van der Waals surface area contributed by atoms with E-state index in [4.69, 9.17) is 4.74 Å². The minimum Gasteiger partial charge on any atom is -0.492 e. The fourth-order valence-corrected chi connectivity index (χ4v) is 3.20. The van der Waals surface area contributed by atoms with Crippen LogP contribution in [0, 0.1) is 6.92 Å². The lowest BCUT2D eigenvalue weighted by Crippen LogP contribution is -2.07. The molecule has 0 aliphatic carbocycles. The van der Waals surface area contributed by atoms with Crippen LogP contribution >= 0.6 is 23.1 Å². The normalized spacial score (nSPS) is 10.5. The van der Waals surface area contributed by atoms with Gasteiger partial charge in [-0.05, 0) is 25.3 Å². The molecular formula is C14H15NO3S2. The predicted octanol–water partition coefficient (Wildman–Crippen LogP) is 3.49. The van der Waals surface area contributed by atoms with Crippen LogP contribution in [0.5, 0.6) is 5.75 Å². The predicted molar refractivity (Wildman–Crippen MR) is 81.2 cm³/mol. The Labute approximate surface area is 125 Å². The Morgan fingerprint density at radius 3 is 2.90 bits per heavy atom. The summed E-state index contributed by atoms with van der Waals surface area (Å²) in [6, 6.07) is 5.29. The third-order valence-electron chi connectivity index (χ3n) is 2.85. The van der Waals surface area contributed by atoms with Gasteiger partial charge in [0.25, 0.3) is 0 Å². The Kier molecular flexibility index (Phi) is 5.03. The summed E-state index contributed by atoms with van der Waals surface area (Å²) in [6.45, 7) is 2.41. The molecule has 0 bridgehead atoms. The van der Waals surface area contributed by atoms with E-state index in [9.17, 15) is 9.90 Å². The van der Waals surface area contributed by atoms with Crippen LogP contribution < -0.4 is 4.74 Å². The number of ether oxygens (including phenoxy) is 1. The number of aromatic nitrogens is 1. The van der Waals surface area contributed by atoms with Gasteiger partial charge in [-0.1, -0.05) is 6.07 Å². The summed E-state index contributed by atoms with van der Waals surface area (Å²) in [5, 5.41) is 9.30. The average Bonchev–Trinajstić information content (AvgIpc) is 2.84. The van der Waals surface area contributed by atoms with Crippen molar-refractivity contribution in [3.05, 3.63) is 39.8 Å². The zero-order valence-electron chi connectivity index (χ0n) is 11.3. The highest BCUT2D eigenvalue weighted by atomic mass is 32.2. The highest BCUT2D eigenvalue weighted by molar-refractivity contribution is 7.98. The van der Waals surface area contributed by atoms with Crippen molar-refractivity contribution in [2.24, 2.45) is 0 Å². The third kappa shape index (κ3) is 3.32. The van der Waals surface area contributed by atoms with Crippen molar-refractivity contribution >= 4 is 29.1 Å². The number of carboxylic acid groups (broad SMARTS) is 1. The van der Waals surface area contributed by atoms with E-state index < -0.39 is 5.97 Å². The molecule has 1 aromatic heterocycles. The molecule has 1 N–H and O–H groups in total. The van der Waals surface area contributed by atoms with Gasteiger partial charge in [-0.2, -0.15) is 0 Å². The molecule has 4 nitrogen and oxygen atoms in total. The van der Waals surface area contributed by atoms with E-state index >= 15 is 0 Å².